The summed E-state index contributed by atoms with van der Waals surface area (Å²) in [6, 6.07) is 11.7. The molecule has 1 heterocycles. The molecule has 0 saturated carbocycles. The van der Waals surface area contributed by atoms with Gasteiger partial charge in [0.05, 0.1) is 20.8 Å². The lowest BCUT2D eigenvalue weighted by Gasteiger charge is -2.12. The van der Waals surface area contributed by atoms with E-state index in [1.54, 1.807) is 20.4 Å². The summed E-state index contributed by atoms with van der Waals surface area (Å²) < 4.78 is 10.6. The van der Waals surface area contributed by atoms with Gasteiger partial charge in [-0.05, 0) is 49.6 Å². The van der Waals surface area contributed by atoms with Crippen molar-refractivity contribution < 1.29 is 9.47 Å². The third kappa shape index (κ3) is 7.34. The van der Waals surface area contributed by atoms with E-state index in [1.807, 2.05) is 36.4 Å². The van der Waals surface area contributed by atoms with Crippen molar-refractivity contribution in [1.82, 2.24) is 15.6 Å². The van der Waals surface area contributed by atoms with Crippen molar-refractivity contribution >= 4 is 11.8 Å². The highest BCUT2D eigenvalue weighted by molar-refractivity contribution is 5.79. The van der Waals surface area contributed by atoms with Crippen molar-refractivity contribution in [1.29, 1.82) is 0 Å². The fourth-order valence-corrected chi connectivity index (χ4v) is 2.63. The van der Waals surface area contributed by atoms with Gasteiger partial charge in [0.2, 0.25) is 0 Å². The second kappa shape index (κ2) is 12.4. The normalized spacial score (nSPS) is 11.0. The van der Waals surface area contributed by atoms with Gasteiger partial charge in [-0.1, -0.05) is 12.1 Å². The maximum absolute atomic E-state index is 5.35. The Labute approximate surface area is 167 Å². The van der Waals surface area contributed by atoms with E-state index in [1.165, 1.54) is 0 Å². The molecule has 0 atom stereocenters. The van der Waals surface area contributed by atoms with E-state index in [-0.39, 0.29) is 0 Å². The first-order valence-corrected chi connectivity index (χ1v) is 9.64. The fourth-order valence-electron chi connectivity index (χ4n) is 2.63. The Bertz CT molecular complexity index is 722. The highest BCUT2D eigenvalue weighted by Gasteiger charge is 2.04. The number of ether oxygens (including phenoxy) is 2. The van der Waals surface area contributed by atoms with E-state index in [0.29, 0.717) is 12.3 Å². The number of pyridine rings is 1. The van der Waals surface area contributed by atoms with Gasteiger partial charge in [-0.2, -0.15) is 0 Å². The van der Waals surface area contributed by atoms with E-state index in [2.05, 4.69) is 32.9 Å². The summed E-state index contributed by atoms with van der Waals surface area (Å²) in [6.45, 7) is 5.21. The summed E-state index contributed by atoms with van der Waals surface area (Å²) in [7, 11) is 3.27. The zero-order chi connectivity index (χ0) is 20.0. The zero-order valence-electron chi connectivity index (χ0n) is 17.0. The quantitative estimate of drug-likeness (QED) is 0.313. The van der Waals surface area contributed by atoms with Gasteiger partial charge in [0, 0.05) is 25.8 Å². The third-order valence-electron chi connectivity index (χ3n) is 4.08. The number of guanidine groups is 1. The summed E-state index contributed by atoms with van der Waals surface area (Å²) in [5.41, 5.74) is 1.06. The number of hydrogen-bond donors (Lipinski definition) is 3. The zero-order valence-corrected chi connectivity index (χ0v) is 17.0. The number of methoxy groups -OCH3 is 2. The minimum Gasteiger partial charge on any atom is -0.493 e. The van der Waals surface area contributed by atoms with E-state index >= 15 is 0 Å². The molecule has 0 aliphatic rings. The molecule has 2 rings (SSSR count). The summed E-state index contributed by atoms with van der Waals surface area (Å²) in [5, 5.41) is 9.98. The molecule has 0 bridgehead atoms. The van der Waals surface area contributed by atoms with Crippen molar-refractivity contribution in [3.63, 3.8) is 0 Å². The van der Waals surface area contributed by atoms with Gasteiger partial charge in [-0.3, -0.25) is 0 Å². The number of aliphatic imine (C=N–C) groups is 1. The Morgan fingerprint density at radius 3 is 2.54 bits per heavy atom. The number of anilines is 1. The van der Waals surface area contributed by atoms with Gasteiger partial charge in [0.25, 0.3) is 0 Å². The lowest BCUT2D eigenvalue weighted by atomic mass is 10.2. The SMILES string of the molecule is CCNC(=NCc1ccc(OC)c(OC)c1)NCCCCNc1ccccn1. The van der Waals surface area contributed by atoms with Gasteiger partial charge in [-0.25, -0.2) is 9.98 Å². The molecule has 28 heavy (non-hydrogen) atoms. The van der Waals surface area contributed by atoms with Crippen LogP contribution in [0.1, 0.15) is 25.3 Å². The van der Waals surface area contributed by atoms with Crippen LogP contribution in [0.2, 0.25) is 0 Å². The summed E-state index contributed by atoms with van der Waals surface area (Å²) in [5.74, 6) is 3.17. The van der Waals surface area contributed by atoms with Crippen LogP contribution in [0.3, 0.4) is 0 Å². The van der Waals surface area contributed by atoms with Gasteiger partial charge >= 0.3 is 0 Å². The molecule has 0 fully saturated rings. The van der Waals surface area contributed by atoms with Gasteiger partial charge in [0.15, 0.2) is 17.5 Å². The number of nitrogens with zero attached hydrogens (tertiary/aromatic N) is 2. The number of rotatable bonds is 11. The summed E-state index contributed by atoms with van der Waals surface area (Å²) >= 11 is 0. The van der Waals surface area contributed by atoms with Crippen LogP contribution in [-0.2, 0) is 6.54 Å². The van der Waals surface area contributed by atoms with Gasteiger partial charge in [0.1, 0.15) is 5.82 Å². The molecule has 0 aliphatic heterocycles. The third-order valence-corrected chi connectivity index (χ3v) is 4.08. The average molecular weight is 386 g/mol. The highest BCUT2D eigenvalue weighted by atomic mass is 16.5. The molecular formula is C21H31N5O2. The number of hydrogen-bond acceptors (Lipinski definition) is 5. The maximum atomic E-state index is 5.35. The van der Waals surface area contributed by atoms with Crippen LogP contribution < -0.4 is 25.4 Å². The molecule has 1 aromatic heterocycles. The van der Waals surface area contributed by atoms with Crippen molar-refractivity contribution in [3.05, 3.63) is 48.2 Å². The number of unbranched alkanes of at least 4 members (excludes halogenated alkanes) is 1. The Kier molecular flexibility index (Phi) is 9.47. The van der Waals surface area contributed by atoms with E-state index in [0.717, 1.165) is 55.6 Å². The Balaban J connectivity index is 1.75. The first-order valence-electron chi connectivity index (χ1n) is 9.64. The predicted octanol–water partition coefficient (Wildman–Crippen LogP) is 3.05. The van der Waals surface area contributed by atoms with Crippen LogP contribution in [0.15, 0.2) is 47.6 Å². The average Bonchev–Trinajstić information content (AvgIpc) is 2.74. The minimum atomic E-state index is 0.566. The lowest BCUT2D eigenvalue weighted by Crippen LogP contribution is -2.37. The van der Waals surface area contributed by atoms with Crippen LogP contribution in [0, 0.1) is 0 Å². The topological polar surface area (TPSA) is 79.8 Å². The molecular weight excluding hydrogens is 354 g/mol. The lowest BCUT2D eigenvalue weighted by molar-refractivity contribution is 0.354. The number of benzene rings is 1. The Morgan fingerprint density at radius 1 is 1.00 bits per heavy atom. The molecule has 0 radical (unpaired) electrons. The monoisotopic (exact) mass is 385 g/mol. The van der Waals surface area contributed by atoms with Crippen molar-refractivity contribution in [2.75, 3.05) is 39.2 Å². The minimum absolute atomic E-state index is 0.566. The van der Waals surface area contributed by atoms with Crippen molar-refractivity contribution in [2.24, 2.45) is 4.99 Å². The summed E-state index contributed by atoms with van der Waals surface area (Å²) in [4.78, 5) is 8.91. The van der Waals surface area contributed by atoms with Crippen LogP contribution in [0.4, 0.5) is 5.82 Å². The standard InChI is InChI=1S/C21H31N5O2/c1-4-22-21(25-14-8-7-13-24-20-9-5-6-12-23-20)26-16-17-10-11-18(27-2)19(15-17)28-3/h5-6,9-12,15H,4,7-8,13-14,16H2,1-3H3,(H,23,24)(H2,22,25,26). The predicted molar refractivity (Wildman–Crippen MR) is 114 cm³/mol. The molecule has 0 amide bonds. The molecule has 0 aliphatic carbocycles. The molecule has 0 unspecified atom stereocenters. The molecule has 1 aromatic carbocycles. The van der Waals surface area contributed by atoms with Crippen LogP contribution in [0.25, 0.3) is 0 Å². The fraction of sp³-hybridized carbons (Fsp3) is 0.429. The molecule has 7 nitrogen and oxygen atoms in total. The van der Waals surface area contributed by atoms with Crippen LogP contribution in [0.5, 0.6) is 11.5 Å². The van der Waals surface area contributed by atoms with Crippen molar-refractivity contribution in [3.8, 4) is 11.5 Å². The second-order valence-corrected chi connectivity index (χ2v) is 6.16. The molecule has 152 valence electrons. The van der Waals surface area contributed by atoms with Crippen LogP contribution in [-0.4, -0.2) is 44.8 Å². The first-order chi connectivity index (χ1) is 13.8. The molecule has 2 aromatic rings. The molecule has 0 spiro atoms. The second-order valence-electron chi connectivity index (χ2n) is 6.16. The smallest absolute Gasteiger partial charge is 0.191 e. The molecule has 0 saturated heterocycles. The Hall–Kier alpha value is -2.96. The largest absolute Gasteiger partial charge is 0.493 e. The van der Waals surface area contributed by atoms with Crippen molar-refractivity contribution in [2.45, 2.75) is 26.3 Å². The van der Waals surface area contributed by atoms with Gasteiger partial charge < -0.3 is 25.4 Å². The first kappa shape index (κ1) is 21.3. The van der Waals surface area contributed by atoms with E-state index < -0.39 is 0 Å². The van der Waals surface area contributed by atoms with E-state index in [4.69, 9.17) is 9.47 Å². The molecule has 7 heteroatoms. The molecule has 3 N–H and O–H groups in total. The summed E-state index contributed by atoms with van der Waals surface area (Å²) in [6.07, 6.45) is 3.89. The maximum Gasteiger partial charge on any atom is 0.191 e. The highest BCUT2D eigenvalue weighted by Crippen LogP contribution is 2.27. The van der Waals surface area contributed by atoms with E-state index in [9.17, 15) is 0 Å². The number of nitrogens with one attached hydrogen (secondary N) is 3. The van der Waals surface area contributed by atoms with Gasteiger partial charge in [-0.15, -0.1) is 0 Å². The number of aromatic nitrogens is 1. The Morgan fingerprint density at radius 2 is 1.82 bits per heavy atom. The van der Waals surface area contributed by atoms with Crippen LogP contribution >= 0.6 is 0 Å².